The van der Waals surface area contributed by atoms with Gasteiger partial charge in [0.2, 0.25) is 0 Å². The fourth-order valence-corrected chi connectivity index (χ4v) is 2.62. The molecule has 0 saturated heterocycles. The van der Waals surface area contributed by atoms with Gasteiger partial charge in [0.25, 0.3) is 5.56 Å². The number of nitrogens with zero attached hydrogens (tertiary/aromatic N) is 3. The standard InChI is InChI=1S/C19H17ClN4O3/c1-26-16-10-6-7-13(18(16)27-2)11-21-23-15-12-22-24(19(25)17(15)20)14-8-4-3-5-9-14/h3-12,23H,1-2H3/b21-11-. The molecule has 3 rings (SSSR count). The van der Waals surface area contributed by atoms with Gasteiger partial charge in [0.15, 0.2) is 11.5 Å². The zero-order valence-electron chi connectivity index (χ0n) is 14.7. The molecule has 8 heteroatoms. The van der Waals surface area contributed by atoms with Crippen LogP contribution in [0.1, 0.15) is 5.56 Å². The van der Waals surface area contributed by atoms with Gasteiger partial charge in [0.1, 0.15) is 10.7 Å². The summed E-state index contributed by atoms with van der Waals surface area (Å²) in [6, 6.07) is 14.4. The van der Waals surface area contributed by atoms with Gasteiger partial charge in [-0.15, -0.1) is 0 Å². The second kappa shape index (κ2) is 8.37. The molecule has 1 N–H and O–H groups in total. The average Bonchev–Trinajstić information content (AvgIpc) is 2.71. The van der Waals surface area contributed by atoms with E-state index in [1.807, 2.05) is 30.3 Å². The highest BCUT2D eigenvalue weighted by molar-refractivity contribution is 6.32. The SMILES string of the molecule is COc1cccc(/C=N\Nc2cnn(-c3ccccc3)c(=O)c2Cl)c1OC. The molecule has 1 aromatic heterocycles. The molecule has 0 spiro atoms. The molecule has 0 atom stereocenters. The Morgan fingerprint density at radius 1 is 1.11 bits per heavy atom. The molecule has 7 nitrogen and oxygen atoms in total. The van der Waals surface area contributed by atoms with E-state index in [0.29, 0.717) is 28.4 Å². The number of hydrogen-bond donors (Lipinski definition) is 1. The zero-order valence-corrected chi connectivity index (χ0v) is 15.5. The van der Waals surface area contributed by atoms with Crippen LogP contribution in [0.2, 0.25) is 5.02 Å². The van der Waals surface area contributed by atoms with E-state index in [2.05, 4.69) is 15.6 Å². The lowest BCUT2D eigenvalue weighted by molar-refractivity contribution is 0.354. The molecule has 0 fully saturated rings. The lowest BCUT2D eigenvalue weighted by Crippen LogP contribution is -2.22. The van der Waals surface area contributed by atoms with Gasteiger partial charge in [-0.3, -0.25) is 10.2 Å². The second-order valence-corrected chi connectivity index (χ2v) is 5.76. The first-order chi connectivity index (χ1) is 13.2. The highest BCUT2D eigenvalue weighted by atomic mass is 35.5. The van der Waals surface area contributed by atoms with Crippen molar-refractivity contribution < 1.29 is 9.47 Å². The van der Waals surface area contributed by atoms with Crippen LogP contribution < -0.4 is 20.5 Å². The Morgan fingerprint density at radius 3 is 2.59 bits per heavy atom. The highest BCUT2D eigenvalue weighted by Crippen LogP contribution is 2.29. The lowest BCUT2D eigenvalue weighted by Gasteiger charge is -2.10. The maximum absolute atomic E-state index is 12.4. The van der Waals surface area contributed by atoms with E-state index < -0.39 is 5.56 Å². The molecule has 0 bridgehead atoms. The van der Waals surface area contributed by atoms with Crippen molar-refractivity contribution in [1.29, 1.82) is 0 Å². The maximum atomic E-state index is 12.4. The Bertz CT molecular complexity index is 1020. The Labute approximate surface area is 160 Å². The lowest BCUT2D eigenvalue weighted by atomic mass is 10.2. The number of hydrogen-bond acceptors (Lipinski definition) is 6. The Hall–Kier alpha value is -3.32. The van der Waals surface area contributed by atoms with Crippen LogP contribution >= 0.6 is 11.6 Å². The minimum absolute atomic E-state index is 0.0105. The Kier molecular flexibility index (Phi) is 5.73. The quantitative estimate of drug-likeness (QED) is 0.521. The van der Waals surface area contributed by atoms with Crippen LogP contribution in [-0.2, 0) is 0 Å². The van der Waals surface area contributed by atoms with Crippen LogP contribution in [0, 0.1) is 0 Å². The smallest absolute Gasteiger partial charge is 0.292 e. The molecular formula is C19H17ClN4O3. The van der Waals surface area contributed by atoms with Gasteiger partial charge in [-0.05, 0) is 24.3 Å². The summed E-state index contributed by atoms with van der Waals surface area (Å²) in [6.07, 6.45) is 2.98. The van der Waals surface area contributed by atoms with Gasteiger partial charge < -0.3 is 9.47 Å². The van der Waals surface area contributed by atoms with E-state index in [-0.39, 0.29) is 5.02 Å². The molecule has 2 aromatic carbocycles. The highest BCUT2D eigenvalue weighted by Gasteiger charge is 2.11. The third-order valence-corrected chi connectivity index (χ3v) is 4.11. The van der Waals surface area contributed by atoms with Crippen LogP contribution in [0.3, 0.4) is 0 Å². The first kappa shape index (κ1) is 18.5. The number of rotatable bonds is 6. The predicted molar refractivity (Wildman–Crippen MR) is 106 cm³/mol. The average molecular weight is 385 g/mol. The molecular weight excluding hydrogens is 368 g/mol. The summed E-state index contributed by atoms with van der Waals surface area (Å²) in [5.74, 6) is 1.14. The summed E-state index contributed by atoms with van der Waals surface area (Å²) >= 11 is 6.18. The van der Waals surface area contributed by atoms with E-state index in [9.17, 15) is 4.79 Å². The van der Waals surface area contributed by atoms with Crippen molar-refractivity contribution in [2.24, 2.45) is 5.10 Å². The number of hydrazone groups is 1. The number of nitrogens with one attached hydrogen (secondary N) is 1. The summed E-state index contributed by atoms with van der Waals surface area (Å²) in [4.78, 5) is 12.4. The van der Waals surface area contributed by atoms with Gasteiger partial charge in [0, 0.05) is 5.56 Å². The third kappa shape index (κ3) is 3.93. The fraction of sp³-hybridized carbons (Fsp3) is 0.105. The molecule has 3 aromatic rings. The minimum atomic E-state index is -0.443. The normalized spacial score (nSPS) is 10.8. The number of anilines is 1. The number of para-hydroxylation sites is 2. The van der Waals surface area contributed by atoms with E-state index in [0.717, 1.165) is 0 Å². The van der Waals surface area contributed by atoms with Gasteiger partial charge in [-0.25, -0.2) is 0 Å². The molecule has 27 heavy (non-hydrogen) atoms. The molecule has 0 amide bonds. The summed E-state index contributed by atoms with van der Waals surface area (Å²) in [7, 11) is 3.11. The van der Waals surface area contributed by atoms with Crippen molar-refractivity contribution in [2.45, 2.75) is 0 Å². The zero-order chi connectivity index (χ0) is 19.2. The number of benzene rings is 2. The van der Waals surface area contributed by atoms with Gasteiger partial charge >= 0.3 is 0 Å². The van der Waals surface area contributed by atoms with Crippen LogP contribution in [0.5, 0.6) is 11.5 Å². The Balaban J connectivity index is 1.84. The van der Waals surface area contributed by atoms with Crippen LogP contribution in [0.15, 0.2) is 64.6 Å². The molecule has 138 valence electrons. The van der Waals surface area contributed by atoms with E-state index in [1.54, 1.807) is 38.6 Å². The van der Waals surface area contributed by atoms with Crippen molar-refractivity contribution in [1.82, 2.24) is 9.78 Å². The number of ether oxygens (including phenoxy) is 2. The molecule has 0 unspecified atom stereocenters. The van der Waals surface area contributed by atoms with E-state index >= 15 is 0 Å². The number of halogens is 1. The van der Waals surface area contributed by atoms with Crippen LogP contribution in [0.25, 0.3) is 5.69 Å². The van der Waals surface area contributed by atoms with Crippen molar-refractivity contribution in [2.75, 3.05) is 19.6 Å². The van der Waals surface area contributed by atoms with Crippen LogP contribution in [0.4, 0.5) is 5.69 Å². The van der Waals surface area contributed by atoms with E-state index in [1.165, 1.54) is 10.9 Å². The molecule has 0 radical (unpaired) electrons. The third-order valence-electron chi connectivity index (χ3n) is 3.74. The second-order valence-electron chi connectivity index (χ2n) is 5.38. The molecule has 0 aliphatic rings. The van der Waals surface area contributed by atoms with Crippen molar-refractivity contribution in [3.63, 3.8) is 0 Å². The van der Waals surface area contributed by atoms with Crippen LogP contribution in [-0.4, -0.2) is 30.2 Å². The predicted octanol–water partition coefficient (Wildman–Crippen LogP) is 3.35. The molecule has 1 heterocycles. The van der Waals surface area contributed by atoms with Gasteiger partial charge in [-0.2, -0.15) is 14.9 Å². The first-order valence-electron chi connectivity index (χ1n) is 7.99. The van der Waals surface area contributed by atoms with Crippen molar-refractivity contribution >= 4 is 23.5 Å². The molecule has 0 aliphatic heterocycles. The summed E-state index contributed by atoms with van der Waals surface area (Å²) in [6.45, 7) is 0. The largest absolute Gasteiger partial charge is 0.493 e. The summed E-state index contributed by atoms with van der Waals surface area (Å²) in [5, 5.41) is 8.24. The first-order valence-corrected chi connectivity index (χ1v) is 8.37. The summed E-state index contributed by atoms with van der Waals surface area (Å²) in [5.41, 5.74) is 3.92. The van der Waals surface area contributed by atoms with Crippen molar-refractivity contribution in [3.8, 4) is 17.2 Å². The van der Waals surface area contributed by atoms with Gasteiger partial charge in [-0.1, -0.05) is 35.9 Å². The van der Waals surface area contributed by atoms with E-state index in [4.69, 9.17) is 21.1 Å². The number of aromatic nitrogens is 2. The Morgan fingerprint density at radius 2 is 1.89 bits per heavy atom. The minimum Gasteiger partial charge on any atom is -0.493 e. The maximum Gasteiger partial charge on any atom is 0.292 e. The number of methoxy groups -OCH3 is 2. The van der Waals surface area contributed by atoms with Crippen molar-refractivity contribution in [3.05, 3.63) is 75.7 Å². The monoisotopic (exact) mass is 384 g/mol. The molecule has 0 saturated carbocycles. The fourth-order valence-electron chi connectivity index (χ4n) is 2.45. The molecule has 0 aliphatic carbocycles. The summed E-state index contributed by atoms with van der Waals surface area (Å²) < 4.78 is 11.8. The topological polar surface area (TPSA) is 77.7 Å². The van der Waals surface area contributed by atoms with Gasteiger partial charge in [0.05, 0.1) is 32.3 Å².